The lowest BCUT2D eigenvalue weighted by atomic mass is 10.2. The number of hydrogen-bond acceptors (Lipinski definition) is 3. The molecule has 1 N–H and O–H groups in total. The van der Waals surface area contributed by atoms with Crippen LogP contribution in [0.3, 0.4) is 0 Å². The van der Waals surface area contributed by atoms with E-state index in [4.69, 9.17) is 0 Å². The van der Waals surface area contributed by atoms with Crippen molar-refractivity contribution in [2.24, 2.45) is 0 Å². The Hall–Kier alpha value is -1.91. The predicted octanol–water partition coefficient (Wildman–Crippen LogP) is 0.741. The van der Waals surface area contributed by atoms with E-state index in [9.17, 15) is 9.59 Å². The molecular weight excluding hydrogens is 230 g/mol. The molecule has 1 saturated heterocycles. The number of likely N-dealkylation sites (tertiary alicyclic amines) is 1. The quantitative estimate of drug-likeness (QED) is 0.838. The lowest BCUT2D eigenvalue weighted by Gasteiger charge is -2.16. The Morgan fingerprint density at radius 2 is 2.22 bits per heavy atom. The minimum absolute atomic E-state index is 0.0182. The summed E-state index contributed by atoms with van der Waals surface area (Å²) in [7, 11) is 0. The van der Waals surface area contributed by atoms with E-state index in [0.29, 0.717) is 18.7 Å². The molecule has 5 heteroatoms. The Morgan fingerprint density at radius 3 is 2.83 bits per heavy atom. The average molecular weight is 247 g/mol. The number of nitrogens with zero attached hydrogens (tertiary/aromatic N) is 2. The van der Waals surface area contributed by atoms with Crippen molar-refractivity contribution in [3.8, 4) is 0 Å². The number of pyridine rings is 1. The molecule has 0 unspecified atom stereocenters. The van der Waals surface area contributed by atoms with Gasteiger partial charge < -0.3 is 10.2 Å². The Balaban J connectivity index is 1.99. The van der Waals surface area contributed by atoms with Crippen LogP contribution in [0.25, 0.3) is 0 Å². The fourth-order valence-electron chi connectivity index (χ4n) is 2.13. The first kappa shape index (κ1) is 12.5. The van der Waals surface area contributed by atoms with E-state index >= 15 is 0 Å². The van der Waals surface area contributed by atoms with Crippen molar-refractivity contribution < 1.29 is 9.59 Å². The molecule has 1 aliphatic heterocycles. The van der Waals surface area contributed by atoms with Crippen LogP contribution in [-0.2, 0) is 4.79 Å². The van der Waals surface area contributed by atoms with E-state index in [1.54, 1.807) is 17.2 Å². The molecule has 0 aliphatic carbocycles. The first-order valence-corrected chi connectivity index (χ1v) is 6.05. The molecule has 18 heavy (non-hydrogen) atoms. The van der Waals surface area contributed by atoms with Crippen LogP contribution in [0, 0.1) is 6.92 Å². The van der Waals surface area contributed by atoms with Gasteiger partial charge in [-0.15, -0.1) is 0 Å². The van der Waals surface area contributed by atoms with Gasteiger partial charge >= 0.3 is 0 Å². The van der Waals surface area contributed by atoms with Gasteiger partial charge in [-0.05, 0) is 25.5 Å². The molecular formula is C13H17N3O2. The molecule has 2 amide bonds. The second-order valence-electron chi connectivity index (χ2n) is 4.63. The fourth-order valence-corrected chi connectivity index (χ4v) is 2.13. The number of aromatic nitrogens is 1. The largest absolute Gasteiger partial charge is 0.352 e. The highest BCUT2D eigenvalue weighted by Gasteiger charge is 2.27. The Labute approximate surface area is 106 Å². The van der Waals surface area contributed by atoms with Crippen LogP contribution in [0.1, 0.15) is 29.4 Å². The highest BCUT2D eigenvalue weighted by Crippen LogP contribution is 2.13. The average Bonchev–Trinajstić information content (AvgIpc) is 2.76. The van der Waals surface area contributed by atoms with Crippen LogP contribution >= 0.6 is 0 Å². The zero-order chi connectivity index (χ0) is 13.1. The van der Waals surface area contributed by atoms with Crippen LogP contribution in [0.5, 0.6) is 0 Å². The molecule has 1 aliphatic rings. The SMILES string of the molecule is CC(=O)N[C@H]1CCN(C(=O)c2ccc(C)nc2)C1. The maximum Gasteiger partial charge on any atom is 0.255 e. The van der Waals surface area contributed by atoms with Crippen molar-refractivity contribution in [2.75, 3.05) is 13.1 Å². The highest BCUT2D eigenvalue weighted by atomic mass is 16.2. The smallest absolute Gasteiger partial charge is 0.255 e. The Morgan fingerprint density at radius 1 is 1.44 bits per heavy atom. The van der Waals surface area contributed by atoms with E-state index < -0.39 is 0 Å². The third kappa shape index (κ3) is 2.85. The molecule has 1 aromatic rings. The van der Waals surface area contributed by atoms with Gasteiger partial charge in [-0.25, -0.2) is 0 Å². The van der Waals surface area contributed by atoms with E-state index in [1.165, 1.54) is 6.92 Å². The van der Waals surface area contributed by atoms with Gasteiger partial charge in [0.2, 0.25) is 5.91 Å². The minimum atomic E-state index is -0.0497. The Kier molecular flexibility index (Phi) is 3.60. The molecule has 0 bridgehead atoms. The second kappa shape index (κ2) is 5.16. The van der Waals surface area contributed by atoms with Crippen LogP contribution in [-0.4, -0.2) is 40.8 Å². The molecule has 0 spiro atoms. The third-order valence-electron chi connectivity index (χ3n) is 3.04. The zero-order valence-electron chi connectivity index (χ0n) is 10.6. The van der Waals surface area contributed by atoms with E-state index in [1.807, 2.05) is 13.0 Å². The minimum Gasteiger partial charge on any atom is -0.352 e. The lowest BCUT2D eigenvalue weighted by molar-refractivity contribution is -0.119. The molecule has 1 aromatic heterocycles. The summed E-state index contributed by atoms with van der Waals surface area (Å²) in [6, 6.07) is 3.69. The van der Waals surface area contributed by atoms with Crippen LogP contribution < -0.4 is 5.32 Å². The third-order valence-corrected chi connectivity index (χ3v) is 3.04. The summed E-state index contributed by atoms with van der Waals surface area (Å²) < 4.78 is 0. The number of rotatable bonds is 2. The monoisotopic (exact) mass is 247 g/mol. The molecule has 1 fully saturated rings. The summed E-state index contributed by atoms with van der Waals surface area (Å²) >= 11 is 0. The second-order valence-corrected chi connectivity index (χ2v) is 4.63. The molecule has 2 rings (SSSR count). The highest BCUT2D eigenvalue weighted by molar-refractivity contribution is 5.94. The maximum atomic E-state index is 12.2. The van der Waals surface area contributed by atoms with Crippen molar-refractivity contribution in [1.82, 2.24) is 15.2 Å². The summed E-state index contributed by atoms with van der Waals surface area (Å²) in [4.78, 5) is 29.0. The van der Waals surface area contributed by atoms with Gasteiger partial charge in [-0.1, -0.05) is 0 Å². The number of carbonyl (C=O) groups is 2. The summed E-state index contributed by atoms with van der Waals surface area (Å²) in [5.74, 6) is -0.0679. The lowest BCUT2D eigenvalue weighted by Crippen LogP contribution is -2.37. The summed E-state index contributed by atoms with van der Waals surface area (Å²) in [6.45, 7) is 4.63. The number of amides is 2. The standard InChI is InChI=1S/C13H17N3O2/c1-9-3-4-11(7-14-9)13(18)16-6-5-12(8-16)15-10(2)17/h3-4,7,12H,5-6,8H2,1-2H3,(H,15,17)/t12-/m0/s1. The van der Waals surface area contributed by atoms with Crippen LogP contribution in [0.15, 0.2) is 18.3 Å². The first-order chi connectivity index (χ1) is 8.56. The normalized spacial score (nSPS) is 18.8. The molecule has 1 atom stereocenters. The van der Waals surface area contributed by atoms with Crippen molar-refractivity contribution in [1.29, 1.82) is 0 Å². The van der Waals surface area contributed by atoms with E-state index in [0.717, 1.165) is 12.1 Å². The fraction of sp³-hybridized carbons (Fsp3) is 0.462. The van der Waals surface area contributed by atoms with E-state index in [2.05, 4.69) is 10.3 Å². The number of hydrogen-bond donors (Lipinski definition) is 1. The zero-order valence-corrected chi connectivity index (χ0v) is 10.6. The van der Waals surface area contributed by atoms with Crippen LogP contribution in [0.2, 0.25) is 0 Å². The van der Waals surface area contributed by atoms with Crippen molar-refractivity contribution in [3.63, 3.8) is 0 Å². The molecule has 0 aromatic carbocycles. The van der Waals surface area contributed by atoms with Gasteiger partial charge in [-0.2, -0.15) is 0 Å². The van der Waals surface area contributed by atoms with Crippen molar-refractivity contribution in [2.45, 2.75) is 26.3 Å². The summed E-state index contributed by atoms with van der Waals surface area (Å²) in [5, 5.41) is 2.84. The maximum absolute atomic E-state index is 12.2. The van der Waals surface area contributed by atoms with Gasteiger partial charge in [0.05, 0.1) is 5.56 Å². The topological polar surface area (TPSA) is 62.3 Å². The van der Waals surface area contributed by atoms with Crippen LogP contribution in [0.4, 0.5) is 0 Å². The predicted molar refractivity (Wildman–Crippen MR) is 67.1 cm³/mol. The van der Waals surface area contributed by atoms with Gasteiger partial charge in [-0.3, -0.25) is 14.6 Å². The number of aryl methyl sites for hydroxylation is 1. The summed E-state index contributed by atoms with van der Waals surface area (Å²) in [5.41, 5.74) is 1.49. The van der Waals surface area contributed by atoms with Crippen molar-refractivity contribution in [3.05, 3.63) is 29.6 Å². The molecule has 0 radical (unpaired) electrons. The molecule has 96 valence electrons. The number of nitrogens with one attached hydrogen (secondary N) is 1. The molecule has 2 heterocycles. The van der Waals surface area contributed by atoms with Gasteiger partial charge in [0, 0.05) is 37.9 Å². The Bertz CT molecular complexity index is 456. The summed E-state index contributed by atoms with van der Waals surface area (Å²) in [6.07, 6.45) is 2.41. The van der Waals surface area contributed by atoms with Gasteiger partial charge in [0.15, 0.2) is 0 Å². The molecule has 0 saturated carbocycles. The first-order valence-electron chi connectivity index (χ1n) is 6.05. The van der Waals surface area contributed by atoms with Crippen molar-refractivity contribution >= 4 is 11.8 Å². The van der Waals surface area contributed by atoms with Gasteiger partial charge in [0.25, 0.3) is 5.91 Å². The molecule has 5 nitrogen and oxygen atoms in total. The number of carbonyl (C=O) groups excluding carboxylic acids is 2. The van der Waals surface area contributed by atoms with E-state index in [-0.39, 0.29) is 17.9 Å². The van der Waals surface area contributed by atoms with Gasteiger partial charge in [0.1, 0.15) is 0 Å².